The molecule has 1 aliphatic carbocycles. The van der Waals surface area contributed by atoms with Gasteiger partial charge in [0.2, 0.25) is 11.8 Å². The van der Waals surface area contributed by atoms with E-state index in [1.54, 1.807) is 0 Å². The number of carboxylic acids is 3. The Morgan fingerprint density at radius 1 is 1.02 bits per heavy atom. The molecule has 2 amide bonds. The number of aliphatic hydroxyl groups excluding tert-OH is 1. The van der Waals surface area contributed by atoms with Crippen molar-refractivity contribution in [2.45, 2.75) is 114 Å². The zero-order valence-corrected chi connectivity index (χ0v) is 26.3. The molecule has 250 valence electrons. The smallest absolute Gasteiger partial charge is 0.322 e. The van der Waals surface area contributed by atoms with Gasteiger partial charge in [0.15, 0.2) is 0 Å². The molecule has 0 aliphatic heterocycles. The number of carbonyl (C=O) groups excluding carboxylic acids is 3. The number of Topliss-reactive ketones (excluding diaryl/α,β-unsaturated/α-hetero) is 1. The Hall–Kier alpha value is -2.97. The highest BCUT2D eigenvalue weighted by atomic mass is 32.2. The Bertz CT molecular complexity index is 992. The van der Waals surface area contributed by atoms with E-state index in [1.165, 1.54) is 11.8 Å². The summed E-state index contributed by atoms with van der Waals surface area (Å²) in [5, 5.41) is 42.1. The number of carboxylic acid groups (broad SMARTS) is 3. The number of thioether (sulfide) groups is 1. The van der Waals surface area contributed by atoms with Crippen molar-refractivity contribution in [2.24, 2.45) is 17.6 Å². The molecule has 1 rings (SSSR count). The summed E-state index contributed by atoms with van der Waals surface area (Å²) in [6, 6.07) is -2.43. The van der Waals surface area contributed by atoms with Gasteiger partial charge in [-0.15, -0.1) is 0 Å². The molecule has 0 aromatic heterocycles. The molecular formula is C30H49N3O10S. The number of rotatable bonds is 24. The van der Waals surface area contributed by atoms with E-state index in [0.717, 1.165) is 19.3 Å². The summed E-state index contributed by atoms with van der Waals surface area (Å²) in [5.74, 6) is -5.12. The van der Waals surface area contributed by atoms with E-state index in [-0.39, 0.29) is 42.0 Å². The number of nitrogens with one attached hydrogen (secondary N) is 2. The van der Waals surface area contributed by atoms with E-state index in [9.17, 15) is 33.9 Å². The van der Waals surface area contributed by atoms with Crippen molar-refractivity contribution in [3.05, 3.63) is 12.2 Å². The van der Waals surface area contributed by atoms with Crippen LogP contribution in [0, 0.1) is 11.8 Å². The Morgan fingerprint density at radius 3 is 2.39 bits per heavy atom. The van der Waals surface area contributed by atoms with Gasteiger partial charge in [-0.1, -0.05) is 38.3 Å². The number of carbonyl (C=O) groups is 6. The van der Waals surface area contributed by atoms with Crippen molar-refractivity contribution >= 4 is 47.3 Å². The maximum Gasteiger partial charge on any atom is 0.322 e. The fourth-order valence-corrected chi connectivity index (χ4v) is 6.79. The fourth-order valence-electron chi connectivity index (χ4n) is 5.17. The van der Waals surface area contributed by atoms with E-state index in [2.05, 4.69) is 17.6 Å². The van der Waals surface area contributed by atoms with Crippen LogP contribution in [0.25, 0.3) is 0 Å². The van der Waals surface area contributed by atoms with Crippen LogP contribution in [-0.2, 0) is 28.8 Å². The Morgan fingerprint density at radius 2 is 1.75 bits per heavy atom. The third kappa shape index (κ3) is 16.2. The molecule has 0 aromatic rings. The number of hydrogen-bond acceptors (Lipinski definition) is 9. The maximum absolute atomic E-state index is 13.2. The monoisotopic (exact) mass is 643 g/mol. The van der Waals surface area contributed by atoms with Gasteiger partial charge in [-0.2, -0.15) is 11.8 Å². The molecule has 0 heterocycles. The van der Waals surface area contributed by atoms with Crippen LogP contribution in [0.2, 0.25) is 0 Å². The van der Waals surface area contributed by atoms with Crippen LogP contribution < -0.4 is 16.4 Å². The van der Waals surface area contributed by atoms with Gasteiger partial charge < -0.3 is 36.8 Å². The number of aliphatic hydroxyl groups is 1. The van der Waals surface area contributed by atoms with Gasteiger partial charge in [-0.05, 0) is 50.9 Å². The Labute approximate surface area is 262 Å². The second-order valence-electron chi connectivity index (χ2n) is 11.3. The lowest BCUT2D eigenvalue weighted by atomic mass is 9.86. The van der Waals surface area contributed by atoms with Gasteiger partial charge >= 0.3 is 17.9 Å². The highest BCUT2D eigenvalue weighted by Gasteiger charge is 2.41. The van der Waals surface area contributed by atoms with Crippen molar-refractivity contribution in [3.8, 4) is 0 Å². The molecule has 1 saturated carbocycles. The van der Waals surface area contributed by atoms with Crippen LogP contribution in [0.15, 0.2) is 12.2 Å². The zero-order chi connectivity index (χ0) is 33.1. The fraction of sp³-hybridized carbons (Fsp3) is 0.733. The molecule has 8 N–H and O–H groups in total. The van der Waals surface area contributed by atoms with Crippen LogP contribution in [0.4, 0.5) is 0 Å². The van der Waals surface area contributed by atoms with E-state index < -0.39 is 60.4 Å². The minimum atomic E-state index is -1.27. The number of hydrogen-bond donors (Lipinski definition) is 7. The largest absolute Gasteiger partial charge is 0.481 e. The first kappa shape index (κ1) is 39.1. The molecule has 0 spiro atoms. The summed E-state index contributed by atoms with van der Waals surface area (Å²) >= 11 is 1.27. The molecular weight excluding hydrogens is 594 g/mol. The Kier molecular flexibility index (Phi) is 19.2. The highest BCUT2D eigenvalue weighted by molar-refractivity contribution is 8.00. The molecule has 0 saturated heterocycles. The molecule has 0 radical (unpaired) electrons. The molecule has 1 fully saturated rings. The standard InChI is InChI=1S/C30H49N3O10S/c1-2-3-6-10-20(34)16-24(28-19(12-14-23(28)35)9-7-4-5-8-11-26(37)38)44-18-22(29(41)32-17-27(39)40)33-25(36)15-13-21(31)30(42)43/h4,7,19-22,24,28,34H,2-3,5-6,8-18,31H2,1H3,(H,32,41)(H,33,36)(H,37,38)(H,39,40)(H,42,43)/b7-4-/t19-,20-,21+,22+,24?,28+/m0/s1. The molecule has 13 nitrogen and oxygen atoms in total. The lowest BCUT2D eigenvalue weighted by Crippen LogP contribution is -2.50. The van der Waals surface area contributed by atoms with E-state index in [1.807, 2.05) is 12.2 Å². The number of unbranched alkanes of at least 4 members (excludes halogenated alkanes) is 3. The van der Waals surface area contributed by atoms with Crippen LogP contribution in [0.3, 0.4) is 0 Å². The number of allylic oxidation sites excluding steroid dienone is 2. The molecule has 0 aromatic carbocycles. The van der Waals surface area contributed by atoms with Gasteiger partial charge in [0, 0.05) is 36.2 Å². The molecule has 1 aliphatic rings. The molecule has 44 heavy (non-hydrogen) atoms. The minimum Gasteiger partial charge on any atom is -0.481 e. The number of amides is 2. The van der Waals surface area contributed by atoms with E-state index >= 15 is 0 Å². The maximum atomic E-state index is 13.2. The normalized spacial score (nSPS) is 19.3. The molecule has 6 atom stereocenters. The van der Waals surface area contributed by atoms with Crippen LogP contribution in [0.5, 0.6) is 0 Å². The molecule has 1 unspecified atom stereocenters. The van der Waals surface area contributed by atoms with Crippen molar-refractivity contribution in [3.63, 3.8) is 0 Å². The average molecular weight is 644 g/mol. The Balaban J connectivity index is 3.08. The average Bonchev–Trinajstić information content (AvgIpc) is 3.33. The van der Waals surface area contributed by atoms with Gasteiger partial charge in [0.25, 0.3) is 0 Å². The first-order chi connectivity index (χ1) is 20.8. The van der Waals surface area contributed by atoms with Crippen LogP contribution >= 0.6 is 11.8 Å². The first-order valence-corrected chi connectivity index (χ1v) is 16.4. The summed E-state index contributed by atoms with van der Waals surface area (Å²) in [5.41, 5.74) is 5.48. The van der Waals surface area contributed by atoms with Crippen molar-refractivity contribution in [1.29, 1.82) is 0 Å². The first-order valence-electron chi connectivity index (χ1n) is 15.3. The zero-order valence-electron chi connectivity index (χ0n) is 25.4. The van der Waals surface area contributed by atoms with E-state index in [0.29, 0.717) is 44.9 Å². The lowest BCUT2D eigenvalue weighted by Gasteiger charge is -2.30. The second kappa shape index (κ2) is 21.7. The summed E-state index contributed by atoms with van der Waals surface area (Å²) < 4.78 is 0. The third-order valence-corrected chi connectivity index (χ3v) is 9.04. The SMILES string of the molecule is CCCCC[C@H](O)CC(SC[C@@H](NC(=O)CC[C@@H](N)C(=O)O)C(=O)NCC(=O)O)[C@H]1C(=O)CC[C@@H]1C/C=C\CCCC(=O)O. The number of ketones is 1. The second-order valence-corrected chi connectivity index (χ2v) is 12.5. The quantitative estimate of drug-likeness (QED) is 0.0592. The predicted octanol–water partition coefficient (Wildman–Crippen LogP) is 2.09. The van der Waals surface area contributed by atoms with Gasteiger partial charge in [0.05, 0.1) is 6.10 Å². The van der Waals surface area contributed by atoms with Crippen molar-refractivity contribution < 1.29 is 49.2 Å². The molecule has 0 bridgehead atoms. The minimum absolute atomic E-state index is 0.00392. The van der Waals surface area contributed by atoms with Crippen LogP contribution in [0.1, 0.15) is 90.4 Å². The van der Waals surface area contributed by atoms with Gasteiger partial charge in [-0.3, -0.25) is 28.8 Å². The highest BCUT2D eigenvalue weighted by Crippen LogP contribution is 2.41. The summed E-state index contributed by atoms with van der Waals surface area (Å²) in [6.07, 6.45) is 9.25. The van der Waals surface area contributed by atoms with Crippen molar-refractivity contribution in [1.82, 2.24) is 10.6 Å². The summed E-state index contributed by atoms with van der Waals surface area (Å²) in [4.78, 5) is 71.4. The summed E-state index contributed by atoms with van der Waals surface area (Å²) in [6.45, 7) is 1.39. The van der Waals surface area contributed by atoms with Crippen molar-refractivity contribution in [2.75, 3.05) is 12.3 Å². The number of nitrogens with two attached hydrogens (primary N) is 1. The summed E-state index contributed by atoms with van der Waals surface area (Å²) in [7, 11) is 0. The van der Waals surface area contributed by atoms with Gasteiger partial charge in [0.1, 0.15) is 24.4 Å². The predicted molar refractivity (Wildman–Crippen MR) is 165 cm³/mol. The lowest BCUT2D eigenvalue weighted by molar-refractivity contribution is -0.139. The topological polar surface area (TPSA) is 233 Å². The number of aliphatic carboxylic acids is 3. The van der Waals surface area contributed by atoms with Crippen LogP contribution in [-0.4, -0.2) is 91.7 Å². The van der Waals surface area contributed by atoms with E-state index in [4.69, 9.17) is 21.1 Å². The molecule has 14 heteroatoms. The third-order valence-electron chi connectivity index (χ3n) is 7.60. The van der Waals surface area contributed by atoms with Gasteiger partial charge in [-0.25, -0.2) is 0 Å².